The normalized spacial score (nSPS) is 12.5. The highest BCUT2D eigenvalue weighted by Gasteiger charge is 2.40. The van der Waals surface area contributed by atoms with Gasteiger partial charge in [-0.3, -0.25) is 34.2 Å². The van der Waals surface area contributed by atoms with Crippen LogP contribution in [0, 0.1) is 21.4 Å². The van der Waals surface area contributed by atoms with Crippen molar-refractivity contribution in [3.8, 4) is 17.6 Å². The van der Waals surface area contributed by atoms with Gasteiger partial charge in [0.05, 0.1) is 36.3 Å². The molecular formula is C28H22N4O9. The van der Waals surface area contributed by atoms with E-state index in [0.717, 1.165) is 11.0 Å². The van der Waals surface area contributed by atoms with E-state index < -0.39 is 34.3 Å². The molecule has 0 bridgehead atoms. The predicted molar refractivity (Wildman–Crippen MR) is 140 cm³/mol. The number of nitrogens with zero attached hydrogens (tertiary/aromatic N) is 3. The maximum atomic E-state index is 12.7. The maximum Gasteiger partial charge on any atom is 0.313 e. The van der Waals surface area contributed by atoms with Crippen LogP contribution in [0.3, 0.4) is 0 Å². The van der Waals surface area contributed by atoms with Crippen molar-refractivity contribution in [1.29, 1.82) is 5.26 Å². The minimum atomic E-state index is -0.863. The highest BCUT2D eigenvalue weighted by atomic mass is 16.6. The summed E-state index contributed by atoms with van der Waals surface area (Å²) in [5, 5.41) is 23.3. The summed E-state index contributed by atoms with van der Waals surface area (Å²) in [7, 11) is 0. The van der Waals surface area contributed by atoms with E-state index in [2.05, 4.69) is 5.32 Å². The smallest absolute Gasteiger partial charge is 0.313 e. The van der Waals surface area contributed by atoms with E-state index >= 15 is 0 Å². The molecule has 13 nitrogen and oxygen atoms in total. The van der Waals surface area contributed by atoms with Gasteiger partial charge in [-0.1, -0.05) is 12.1 Å². The van der Waals surface area contributed by atoms with Gasteiger partial charge in [0, 0.05) is 12.6 Å². The van der Waals surface area contributed by atoms with E-state index in [1.807, 2.05) is 6.07 Å². The van der Waals surface area contributed by atoms with Crippen molar-refractivity contribution in [2.45, 2.75) is 19.9 Å². The largest absolute Gasteiger partial charge is 0.490 e. The summed E-state index contributed by atoms with van der Waals surface area (Å²) in [5.74, 6) is -2.31. The second-order valence-corrected chi connectivity index (χ2v) is 8.51. The van der Waals surface area contributed by atoms with Crippen LogP contribution in [0.4, 0.5) is 5.69 Å². The number of furan rings is 1. The van der Waals surface area contributed by atoms with Crippen LogP contribution in [-0.2, 0) is 16.1 Å². The molecule has 4 rings (SSSR count). The number of imide groups is 1. The van der Waals surface area contributed by atoms with Crippen LogP contribution in [0.1, 0.15) is 45.4 Å². The summed E-state index contributed by atoms with van der Waals surface area (Å²) in [6.07, 6.45) is 2.42. The van der Waals surface area contributed by atoms with E-state index in [-0.39, 0.29) is 54.3 Å². The number of fused-ring (bicyclic) bond motifs is 1. The van der Waals surface area contributed by atoms with Crippen LogP contribution in [0.2, 0.25) is 0 Å². The van der Waals surface area contributed by atoms with E-state index in [4.69, 9.17) is 13.9 Å². The minimum Gasteiger partial charge on any atom is -0.490 e. The van der Waals surface area contributed by atoms with Gasteiger partial charge in [-0.25, -0.2) is 0 Å². The summed E-state index contributed by atoms with van der Waals surface area (Å²) >= 11 is 0. The standard InChI is InChI=1S/C28H22N4O9/c1-2-39-23-14-17(13-18(15-29)26(34)30-16-19-5-4-12-40-19)8-9-22(23)41-24(33)10-11-31-27(35)20-6-3-7-21(32(37)38)25(20)28(31)36/h3-9,12-14H,2,10-11,16H2,1H3,(H,30,34)/b18-13+. The molecule has 0 fully saturated rings. The number of carbonyl (C=O) groups is 4. The Bertz CT molecular complexity index is 1600. The Balaban J connectivity index is 1.42. The average molecular weight is 559 g/mol. The summed E-state index contributed by atoms with van der Waals surface area (Å²) in [5.41, 5.74) is -0.665. The van der Waals surface area contributed by atoms with Crippen molar-refractivity contribution in [3.05, 3.63) is 92.9 Å². The molecule has 2 aromatic carbocycles. The first kappa shape index (κ1) is 28.2. The average Bonchev–Trinajstić information content (AvgIpc) is 3.57. The SMILES string of the molecule is CCOc1cc(/C=C(\C#N)C(=O)NCc2ccco2)ccc1OC(=O)CCN1C(=O)c2cccc([N+](=O)[O-])c2C1=O. The second kappa shape index (κ2) is 12.4. The Labute approximate surface area is 232 Å². The number of hydrogen-bond donors (Lipinski definition) is 1. The van der Waals surface area contributed by atoms with Crippen LogP contribution in [0.5, 0.6) is 11.5 Å². The molecule has 0 unspecified atom stereocenters. The van der Waals surface area contributed by atoms with Crippen molar-refractivity contribution in [2.75, 3.05) is 13.2 Å². The van der Waals surface area contributed by atoms with Gasteiger partial charge in [0.25, 0.3) is 23.4 Å². The zero-order chi connectivity index (χ0) is 29.5. The number of benzene rings is 2. The van der Waals surface area contributed by atoms with Gasteiger partial charge in [0.15, 0.2) is 11.5 Å². The molecule has 0 saturated carbocycles. The second-order valence-electron chi connectivity index (χ2n) is 8.51. The Morgan fingerprint density at radius 1 is 1.15 bits per heavy atom. The van der Waals surface area contributed by atoms with Crippen LogP contribution in [0.15, 0.2) is 64.8 Å². The first-order valence-electron chi connectivity index (χ1n) is 12.3. The number of esters is 1. The molecule has 0 saturated heterocycles. The van der Waals surface area contributed by atoms with Crippen molar-refractivity contribution in [1.82, 2.24) is 10.2 Å². The lowest BCUT2D eigenvalue weighted by atomic mass is 10.1. The molecule has 0 radical (unpaired) electrons. The monoisotopic (exact) mass is 558 g/mol. The van der Waals surface area contributed by atoms with Crippen molar-refractivity contribution in [3.63, 3.8) is 0 Å². The third kappa shape index (κ3) is 6.28. The Hall–Kier alpha value is -5.77. The molecular weight excluding hydrogens is 536 g/mol. The maximum absolute atomic E-state index is 12.7. The molecule has 0 spiro atoms. The number of hydrogen-bond acceptors (Lipinski definition) is 10. The molecule has 3 aromatic rings. The van der Waals surface area contributed by atoms with E-state index in [0.29, 0.717) is 11.3 Å². The predicted octanol–water partition coefficient (Wildman–Crippen LogP) is 3.40. The van der Waals surface area contributed by atoms with Gasteiger partial charge in [0.1, 0.15) is 23.0 Å². The third-order valence-electron chi connectivity index (χ3n) is 5.88. The number of ether oxygens (including phenoxy) is 2. The minimum absolute atomic E-state index is 0.0350. The fourth-order valence-corrected chi connectivity index (χ4v) is 4.01. The fourth-order valence-electron chi connectivity index (χ4n) is 4.01. The summed E-state index contributed by atoms with van der Waals surface area (Å²) in [6.45, 7) is 1.66. The molecule has 0 atom stereocenters. The van der Waals surface area contributed by atoms with E-state index in [9.17, 15) is 34.6 Å². The number of nitro benzene ring substituents is 1. The number of rotatable bonds is 11. The molecule has 3 amide bonds. The molecule has 1 aliphatic rings. The van der Waals surface area contributed by atoms with Gasteiger partial charge in [0.2, 0.25) is 0 Å². The van der Waals surface area contributed by atoms with Crippen molar-refractivity contribution in [2.24, 2.45) is 0 Å². The van der Waals surface area contributed by atoms with Crippen molar-refractivity contribution < 1.29 is 38.0 Å². The molecule has 1 N–H and O–H groups in total. The van der Waals surface area contributed by atoms with Crippen LogP contribution < -0.4 is 14.8 Å². The van der Waals surface area contributed by atoms with Crippen LogP contribution in [-0.4, -0.2) is 46.7 Å². The first-order valence-corrected chi connectivity index (χ1v) is 12.3. The van der Waals surface area contributed by atoms with Crippen LogP contribution in [0.25, 0.3) is 6.08 Å². The van der Waals surface area contributed by atoms with Crippen molar-refractivity contribution >= 4 is 35.5 Å². The highest BCUT2D eigenvalue weighted by Crippen LogP contribution is 2.32. The zero-order valence-electron chi connectivity index (χ0n) is 21.6. The van der Waals surface area contributed by atoms with Gasteiger partial charge in [-0.05, 0) is 48.9 Å². The number of nitriles is 1. The Morgan fingerprint density at radius 3 is 2.63 bits per heavy atom. The highest BCUT2D eigenvalue weighted by molar-refractivity contribution is 6.23. The molecule has 0 aliphatic carbocycles. The third-order valence-corrected chi connectivity index (χ3v) is 5.88. The summed E-state index contributed by atoms with van der Waals surface area (Å²) < 4.78 is 16.1. The Morgan fingerprint density at radius 2 is 1.95 bits per heavy atom. The number of carbonyl (C=O) groups excluding carboxylic acids is 4. The van der Waals surface area contributed by atoms with Gasteiger partial charge < -0.3 is 19.2 Å². The van der Waals surface area contributed by atoms with Gasteiger partial charge in [-0.15, -0.1) is 0 Å². The lowest BCUT2D eigenvalue weighted by Crippen LogP contribution is -2.32. The van der Waals surface area contributed by atoms with Gasteiger partial charge in [-0.2, -0.15) is 5.26 Å². The molecule has 2 heterocycles. The number of nitro groups is 1. The molecule has 208 valence electrons. The first-order chi connectivity index (χ1) is 19.7. The molecule has 13 heteroatoms. The fraction of sp³-hybridized carbons (Fsp3) is 0.179. The lowest BCUT2D eigenvalue weighted by molar-refractivity contribution is -0.385. The Kier molecular flexibility index (Phi) is 8.54. The quantitative estimate of drug-likeness (QED) is 0.0696. The lowest BCUT2D eigenvalue weighted by Gasteiger charge is -2.14. The topological polar surface area (TPSA) is 182 Å². The van der Waals surface area contributed by atoms with Crippen LogP contribution >= 0.6 is 0 Å². The molecule has 1 aliphatic heterocycles. The zero-order valence-corrected chi connectivity index (χ0v) is 21.6. The van der Waals surface area contributed by atoms with Gasteiger partial charge >= 0.3 is 5.97 Å². The summed E-state index contributed by atoms with van der Waals surface area (Å²) in [6, 6.07) is 13.3. The molecule has 1 aromatic heterocycles. The molecule has 41 heavy (non-hydrogen) atoms. The van der Waals surface area contributed by atoms with E-state index in [1.165, 1.54) is 42.7 Å². The number of nitrogens with one attached hydrogen (secondary N) is 1. The number of amides is 3. The van der Waals surface area contributed by atoms with E-state index in [1.54, 1.807) is 19.1 Å². The summed E-state index contributed by atoms with van der Waals surface area (Å²) in [4.78, 5) is 61.7.